The molecule has 0 aliphatic rings. The molecule has 0 heterocycles. The highest BCUT2D eigenvalue weighted by atomic mass is 16.6. The molecule has 0 fully saturated rings. The SMILES string of the molecule is CC/C=C\C/C=C\C/C=C\CCCCCCCC(=O)OC(COC(=O)CCCCCCCCC)COC(=O)CCCCCCCCCCCCCCCCCCC. The Balaban J connectivity index is 4.26. The van der Waals surface area contributed by atoms with Crippen LogP contribution in [0.2, 0.25) is 0 Å². The van der Waals surface area contributed by atoms with Gasteiger partial charge in [-0.2, -0.15) is 0 Å². The molecule has 0 amide bonds. The van der Waals surface area contributed by atoms with Gasteiger partial charge >= 0.3 is 17.9 Å². The van der Waals surface area contributed by atoms with Crippen LogP contribution in [0, 0.1) is 0 Å². The van der Waals surface area contributed by atoms with Crippen molar-refractivity contribution in [2.75, 3.05) is 13.2 Å². The van der Waals surface area contributed by atoms with Gasteiger partial charge in [0.05, 0.1) is 0 Å². The maximum absolute atomic E-state index is 12.7. The number of ether oxygens (including phenoxy) is 3. The van der Waals surface area contributed by atoms with E-state index in [9.17, 15) is 14.4 Å². The van der Waals surface area contributed by atoms with E-state index in [2.05, 4.69) is 57.2 Å². The molecule has 0 saturated carbocycles. The third-order valence-electron chi connectivity index (χ3n) is 10.7. The van der Waals surface area contributed by atoms with Crippen LogP contribution >= 0.6 is 0 Å². The highest BCUT2D eigenvalue weighted by molar-refractivity contribution is 5.71. The normalized spacial score (nSPS) is 12.3. The zero-order chi connectivity index (χ0) is 41.5. The van der Waals surface area contributed by atoms with Crippen molar-refractivity contribution in [3.63, 3.8) is 0 Å². The largest absolute Gasteiger partial charge is 0.462 e. The third-order valence-corrected chi connectivity index (χ3v) is 10.7. The van der Waals surface area contributed by atoms with Crippen LogP contribution in [-0.4, -0.2) is 37.2 Å². The summed E-state index contributed by atoms with van der Waals surface area (Å²) in [4.78, 5) is 37.7. The number of hydrogen-bond donors (Lipinski definition) is 0. The van der Waals surface area contributed by atoms with E-state index in [-0.39, 0.29) is 31.1 Å². The Kier molecular flexibility index (Phi) is 44.4. The molecule has 332 valence electrons. The number of carbonyl (C=O) groups is 3. The van der Waals surface area contributed by atoms with Crippen molar-refractivity contribution in [3.8, 4) is 0 Å². The van der Waals surface area contributed by atoms with Crippen molar-refractivity contribution in [3.05, 3.63) is 36.5 Å². The van der Waals surface area contributed by atoms with Crippen LogP contribution in [0.5, 0.6) is 0 Å². The van der Waals surface area contributed by atoms with Gasteiger partial charge in [-0.05, 0) is 51.4 Å². The Bertz CT molecular complexity index is 969. The van der Waals surface area contributed by atoms with Gasteiger partial charge in [0.1, 0.15) is 13.2 Å². The smallest absolute Gasteiger partial charge is 0.306 e. The first-order valence-corrected chi connectivity index (χ1v) is 24.5. The van der Waals surface area contributed by atoms with Gasteiger partial charge in [0.25, 0.3) is 0 Å². The molecule has 0 aromatic carbocycles. The third kappa shape index (κ3) is 44.6. The van der Waals surface area contributed by atoms with Gasteiger partial charge in [0.15, 0.2) is 6.10 Å². The molecule has 57 heavy (non-hydrogen) atoms. The average Bonchev–Trinajstić information content (AvgIpc) is 3.21. The minimum absolute atomic E-state index is 0.0759. The quantitative estimate of drug-likeness (QED) is 0.0264. The first kappa shape index (κ1) is 54.6. The van der Waals surface area contributed by atoms with Gasteiger partial charge in [-0.1, -0.05) is 218 Å². The van der Waals surface area contributed by atoms with E-state index in [1.807, 2.05) is 0 Å². The van der Waals surface area contributed by atoms with E-state index in [0.29, 0.717) is 19.3 Å². The molecular formula is C51H92O6. The van der Waals surface area contributed by atoms with Crippen LogP contribution in [-0.2, 0) is 28.6 Å². The minimum Gasteiger partial charge on any atom is -0.462 e. The topological polar surface area (TPSA) is 78.9 Å². The number of allylic oxidation sites excluding steroid dienone is 6. The van der Waals surface area contributed by atoms with E-state index in [1.54, 1.807) is 0 Å². The Labute approximate surface area is 353 Å². The molecule has 6 heteroatoms. The van der Waals surface area contributed by atoms with Crippen LogP contribution in [0.1, 0.15) is 252 Å². The van der Waals surface area contributed by atoms with E-state index in [0.717, 1.165) is 96.3 Å². The lowest BCUT2D eigenvalue weighted by molar-refractivity contribution is -0.167. The predicted octanol–water partition coefficient (Wildman–Crippen LogP) is 15.8. The molecule has 0 aliphatic heterocycles. The second kappa shape index (κ2) is 46.3. The van der Waals surface area contributed by atoms with Crippen molar-refractivity contribution < 1.29 is 28.6 Å². The molecule has 1 atom stereocenters. The van der Waals surface area contributed by atoms with Crippen molar-refractivity contribution in [1.82, 2.24) is 0 Å². The van der Waals surface area contributed by atoms with E-state index < -0.39 is 6.10 Å². The molecule has 0 N–H and O–H groups in total. The zero-order valence-electron chi connectivity index (χ0n) is 37.9. The molecule has 0 aromatic rings. The standard InChI is InChI=1S/C51H92O6/c1-4-7-10-13-16-18-20-22-24-25-27-28-30-32-35-38-41-44-50(53)56-47-48(46-55-49(52)43-40-37-34-15-12-9-6-3)57-51(54)45-42-39-36-33-31-29-26-23-21-19-17-14-11-8-5-2/h8,11,17,19,23,26,48H,4-7,9-10,12-16,18,20-22,24-25,27-47H2,1-3H3/b11-8-,19-17-,26-23-. The van der Waals surface area contributed by atoms with Crippen molar-refractivity contribution in [1.29, 1.82) is 0 Å². The lowest BCUT2D eigenvalue weighted by atomic mass is 10.0. The highest BCUT2D eigenvalue weighted by Crippen LogP contribution is 2.16. The molecule has 6 nitrogen and oxygen atoms in total. The van der Waals surface area contributed by atoms with Gasteiger partial charge in [-0.3, -0.25) is 14.4 Å². The van der Waals surface area contributed by atoms with Crippen LogP contribution in [0.3, 0.4) is 0 Å². The summed E-state index contributed by atoms with van der Waals surface area (Å²) in [6, 6.07) is 0. The molecule has 0 saturated heterocycles. The monoisotopic (exact) mass is 801 g/mol. The molecule has 0 radical (unpaired) electrons. The lowest BCUT2D eigenvalue weighted by Crippen LogP contribution is -2.30. The fourth-order valence-corrected chi connectivity index (χ4v) is 6.99. The maximum Gasteiger partial charge on any atom is 0.306 e. The molecule has 0 rings (SSSR count). The fraction of sp³-hybridized carbons (Fsp3) is 0.824. The Hall–Kier alpha value is -2.37. The summed E-state index contributed by atoms with van der Waals surface area (Å²) in [5, 5.41) is 0. The summed E-state index contributed by atoms with van der Waals surface area (Å²) in [5.74, 6) is -0.892. The van der Waals surface area contributed by atoms with Crippen molar-refractivity contribution in [2.45, 2.75) is 258 Å². The molecule has 0 spiro atoms. The number of hydrogen-bond acceptors (Lipinski definition) is 6. The van der Waals surface area contributed by atoms with Gasteiger partial charge in [-0.25, -0.2) is 0 Å². The molecule has 1 unspecified atom stereocenters. The van der Waals surface area contributed by atoms with Gasteiger partial charge in [0, 0.05) is 19.3 Å². The average molecular weight is 801 g/mol. The lowest BCUT2D eigenvalue weighted by Gasteiger charge is -2.18. The Morgan fingerprint density at radius 3 is 1.07 bits per heavy atom. The van der Waals surface area contributed by atoms with Crippen molar-refractivity contribution in [2.24, 2.45) is 0 Å². The second-order valence-electron chi connectivity index (χ2n) is 16.4. The summed E-state index contributed by atoms with van der Waals surface area (Å²) in [6.07, 6.45) is 52.8. The fourth-order valence-electron chi connectivity index (χ4n) is 6.99. The summed E-state index contributed by atoms with van der Waals surface area (Å²) < 4.78 is 16.7. The van der Waals surface area contributed by atoms with Crippen LogP contribution in [0.4, 0.5) is 0 Å². The number of esters is 3. The number of rotatable bonds is 44. The first-order chi connectivity index (χ1) is 28.0. The minimum atomic E-state index is -0.774. The summed E-state index contributed by atoms with van der Waals surface area (Å²) in [5.41, 5.74) is 0. The van der Waals surface area contributed by atoms with E-state index in [1.165, 1.54) is 116 Å². The Morgan fingerprint density at radius 2 is 0.684 bits per heavy atom. The molecule has 0 aromatic heterocycles. The van der Waals surface area contributed by atoms with Crippen LogP contribution in [0.25, 0.3) is 0 Å². The van der Waals surface area contributed by atoms with E-state index >= 15 is 0 Å². The second-order valence-corrected chi connectivity index (χ2v) is 16.4. The van der Waals surface area contributed by atoms with E-state index in [4.69, 9.17) is 14.2 Å². The van der Waals surface area contributed by atoms with Gasteiger partial charge in [-0.15, -0.1) is 0 Å². The molecule has 0 aliphatic carbocycles. The first-order valence-electron chi connectivity index (χ1n) is 24.5. The van der Waals surface area contributed by atoms with Crippen LogP contribution in [0.15, 0.2) is 36.5 Å². The van der Waals surface area contributed by atoms with Gasteiger partial charge in [0.2, 0.25) is 0 Å². The molecule has 0 bridgehead atoms. The maximum atomic E-state index is 12.7. The molecular weight excluding hydrogens is 709 g/mol. The van der Waals surface area contributed by atoms with Gasteiger partial charge < -0.3 is 14.2 Å². The Morgan fingerprint density at radius 1 is 0.368 bits per heavy atom. The number of unbranched alkanes of at least 4 members (excludes halogenated alkanes) is 27. The summed E-state index contributed by atoms with van der Waals surface area (Å²) in [7, 11) is 0. The van der Waals surface area contributed by atoms with Crippen LogP contribution < -0.4 is 0 Å². The summed E-state index contributed by atoms with van der Waals surface area (Å²) >= 11 is 0. The van der Waals surface area contributed by atoms with Crippen molar-refractivity contribution >= 4 is 17.9 Å². The summed E-state index contributed by atoms with van der Waals surface area (Å²) in [6.45, 7) is 6.48. The zero-order valence-corrected chi connectivity index (χ0v) is 37.9. The highest BCUT2D eigenvalue weighted by Gasteiger charge is 2.19. The number of carbonyl (C=O) groups excluding carboxylic acids is 3. The predicted molar refractivity (Wildman–Crippen MR) is 242 cm³/mol.